The van der Waals surface area contributed by atoms with Gasteiger partial charge in [0, 0.05) is 18.6 Å². The first-order valence-corrected chi connectivity index (χ1v) is 7.40. The molecule has 1 N–H and O–H groups in total. The Bertz CT molecular complexity index is 406. The number of nitrogens with one attached hydrogen (secondary N) is 1. The van der Waals surface area contributed by atoms with Crippen molar-refractivity contribution in [1.29, 1.82) is 0 Å². The molecule has 3 unspecified atom stereocenters. The van der Waals surface area contributed by atoms with Crippen LogP contribution >= 0.6 is 0 Å². The minimum Gasteiger partial charge on any atom is -0.381 e. The fraction of sp³-hybridized carbons (Fsp3) is 0.867. The quantitative estimate of drug-likeness (QED) is 0.842. The van der Waals surface area contributed by atoms with Crippen molar-refractivity contribution in [2.24, 2.45) is 11.3 Å². The molecule has 5 heteroatoms. The van der Waals surface area contributed by atoms with Gasteiger partial charge in [-0.2, -0.15) is 0 Å². The highest BCUT2D eigenvalue weighted by Gasteiger charge is 2.54. The summed E-state index contributed by atoms with van der Waals surface area (Å²) in [6.45, 7) is 8.51. The highest BCUT2D eigenvalue weighted by molar-refractivity contribution is 5.95. The van der Waals surface area contributed by atoms with Crippen molar-refractivity contribution in [3.8, 4) is 0 Å². The minimum absolute atomic E-state index is 0.0492. The van der Waals surface area contributed by atoms with E-state index in [0.29, 0.717) is 12.3 Å². The molecule has 2 fully saturated rings. The van der Waals surface area contributed by atoms with Crippen LogP contribution in [0.2, 0.25) is 0 Å². The van der Waals surface area contributed by atoms with Crippen molar-refractivity contribution in [2.45, 2.75) is 58.7 Å². The lowest BCUT2D eigenvalue weighted by molar-refractivity contribution is -0.171. The molecule has 3 atom stereocenters. The zero-order valence-electron chi connectivity index (χ0n) is 13.1. The third-order valence-electron chi connectivity index (χ3n) is 4.72. The molecule has 0 radical (unpaired) electrons. The molecule has 1 saturated heterocycles. The molecule has 2 amide bonds. The summed E-state index contributed by atoms with van der Waals surface area (Å²) < 4.78 is 5.44. The number of carbonyl (C=O) groups is 2. The molecule has 1 aliphatic carbocycles. The Kier molecular flexibility index (Phi) is 4.09. The molecule has 0 aromatic carbocycles. The van der Waals surface area contributed by atoms with Gasteiger partial charge in [-0.25, -0.2) is 0 Å². The highest BCUT2D eigenvalue weighted by Crippen LogP contribution is 2.46. The van der Waals surface area contributed by atoms with Crippen LogP contribution in [0.5, 0.6) is 0 Å². The number of piperazine rings is 1. The zero-order valence-corrected chi connectivity index (χ0v) is 13.1. The molecule has 5 nitrogen and oxygen atoms in total. The number of hydrogen-bond acceptors (Lipinski definition) is 3. The third-order valence-corrected chi connectivity index (χ3v) is 4.72. The molecule has 114 valence electrons. The molecule has 0 aromatic heterocycles. The van der Waals surface area contributed by atoms with Gasteiger partial charge in [0.05, 0.1) is 12.6 Å². The van der Waals surface area contributed by atoms with Crippen LogP contribution in [0, 0.1) is 11.3 Å². The predicted octanol–water partition coefficient (Wildman–Crippen LogP) is 1.17. The summed E-state index contributed by atoms with van der Waals surface area (Å²) >= 11 is 0. The Morgan fingerprint density at radius 2 is 2.05 bits per heavy atom. The fourth-order valence-corrected chi connectivity index (χ4v) is 3.42. The first-order chi connectivity index (χ1) is 9.27. The van der Waals surface area contributed by atoms with E-state index in [1.54, 1.807) is 12.0 Å². The average Bonchev–Trinajstić information content (AvgIpc) is 2.33. The van der Waals surface area contributed by atoms with Crippen LogP contribution in [-0.2, 0) is 14.3 Å². The van der Waals surface area contributed by atoms with Gasteiger partial charge in [-0.05, 0) is 18.8 Å². The van der Waals surface area contributed by atoms with Gasteiger partial charge in [-0.3, -0.25) is 9.59 Å². The number of ether oxygens (including phenoxy) is 1. The van der Waals surface area contributed by atoms with Gasteiger partial charge in [-0.15, -0.1) is 0 Å². The molecule has 2 aliphatic rings. The fourth-order valence-electron chi connectivity index (χ4n) is 3.42. The van der Waals surface area contributed by atoms with E-state index < -0.39 is 0 Å². The Morgan fingerprint density at radius 3 is 2.55 bits per heavy atom. The van der Waals surface area contributed by atoms with Crippen LogP contribution < -0.4 is 5.32 Å². The summed E-state index contributed by atoms with van der Waals surface area (Å²) in [7, 11) is 1.70. The number of rotatable bonds is 4. The summed E-state index contributed by atoms with van der Waals surface area (Å²) in [5, 5.41) is 2.82. The van der Waals surface area contributed by atoms with E-state index in [1.807, 2.05) is 0 Å². The van der Waals surface area contributed by atoms with E-state index in [1.165, 1.54) is 0 Å². The highest BCUT2D eigenvalue weighted by atomic mass is 16.5. The second kappa shape index (κ2) is 5.35. The zero-order chi connectivity index (χ0) is 15.1. The number of methoxy groups -OCH3 is 1. The lowest BCUT2D eigenvalue weighted by atomic mass is 9.63. The number of amides is 2. The van der Waals surface area contributed by atoms with Gasteiger partial charge in [-0.1, -0.05) is 27.7 Å². The van der Waals surface area contributed by atoms with Crippen LogP contribution in [0.25, 0.3) is 0 Å². The molecule has 1 aliphatic heterocycles. The Morgan fingerprint density at radius 1 is 1.40 bits per heavy atom. The molecule has 2 rings (SSSR count). The molecule has 1 saturated carbocycles. The monoisotopic (exact) mass is 282 g/mol. The summed E-state index contributed by atoms with van der Waals surface area (Å²) in [5.41, 5.74) is -0.0928. The van der Waals surface area contributed by atoms with Crippen molar-refractivity contribution < 1.29 is 14.3 Å². The SMILES string of the molecule is COC1CC(N2CC(=O)NC(CC(C)C)C2=O)C1(C)C. The second-order valence-electron chi connectivity index (χ2n) is 7.01. The van der Waals surface area contributed by atoms with Gasteiger partial charge in [0.25, 0.3) is 0 Å². The molecule has 0 bridgehead atoms. The van der Waals surface area contributed by atoms with Crippen molar-refractivity contribution in [3.05, 3.63) is 0 Å². The van der Waals surface area contributed by atoms with Crippen LogP contribution in [0.4, 0.5) is 0 Å². The van der Waals surface area contributed by atoms with Crippen molar-refractivity contribution in [1.82, 2.24) is 10.2 Å². The Balaban J connectivity index is 2.11. The molecule has 1 heterocycles. The minimum atomic E-state index is -0.367. The average molecular weight is 282 g/mol. The first kappa shape index (κ1) is 15.3. The summed E-state index contributed by atoms with van der Waals surface area (Å²) in [5.74, 6) is 0.392. The van der Waals surface area contributed by atoms with Crippen molar-refractivity contribution in [3.63, 3.8) is 0 Å². The van der Waals surface area contributed by atoms with E-state index in [9.17, 15) is 9.59 Å². The standard InChI is InChI=1S/C15H26N2O3/c1-9(2)6-10-14(19)17(8-13(18)16-10)11-7-12(20-5)15(11,3)4/h9-12H,6-8H2,1-5H3,(H,16,18). The third kappa shape index (κ3) is 2.55. The van der Waals surface area contributed by atoms with E-state index >= 15 is 0 Å². The molecule has 0 spiro atoms. The smallest absolute Gasteiger partial charge is 0.245 e. The summed E-state index contributed by atoms with van der Waals surface area (Å²) in [6, 6.07) is -0.269. The van der Waals surface area contributed by atoms with Gasteiger partial charge >= 0.3 is 0 Å². The molecule has 0 aromatic rings. The molecule has 20 heavy (non-hydrogen) atoms. The maximum absolute atomic E-state index is 12.6. The van der Waals surface area contributed by atoms with Crippen LogP contribution in [0.15, 0.2) is 0 Å². The van der Waals surface area contributed by atoms with Gasteiger partial charge in [0.15, 0.2) is 0 Å². The van der Waals surface area contributed by atoms with E-state index in [0.717, 1.165) is 6.42 Å². The first-order valence-electron chi connectivity index (χ1n) is 7.40. The summed E-state index contributed by atoms with van der Waals surface area (Å²) in [6.07, 6.45) is 1.67. The van der Waals surface area contributed by atoms with Crippen LogP contribution in [0.3, 0.4) is 0 Å². The number of carbonyl (C=O) groups excluding carboxylic acids is 2. The van der Waals surface area contributed by atoms with Gasteiger partial charge < -0.3 is 15.0 Å². The number of nitrogens with zero attached hydrogens (tertiary/aromatic N) is 1. The van der Waals surface area contributed by atoms with Crippen LogP contribution in [0.1, 0.15) is 40.5 Å². The van der Waals surface area contributed by atoms with E-state index in [-0.39, 0.29) is 42.0 Å². The maximum atomic E-state index is 12.6. The Hall–Kier alpha value is -1.10. The Labute approximate surface area is 121 Å². The normalized spacial score (nSPS) is 33.1. The van der Waals surface area contributed by atoms with Gasteiger partial charge in [0.2, 0.25) is 11.8 Å². The maximum Gasteiger partial charge on any atom is 0.245 e. The second-order valence-corrected chi connectivity index (χ2v) is 7.01. The lowest BCUT2D eigenvalue weighted by Gasteiger charge is -2.56. The summed E-state index contributed by atoms with van der Waals surface area (Å²) in [4.78, 5) is 26.2. The molecular weight excluding hydrogens is 256 g/mol. The largest absolute Gasteiger partial charge is 0.381 e. The predicted molar refractivity (Wildman–Crippen MR) is 76.1 cm³/mol. The van der Waals surface area contributed by atoms with Crippen molar-refractivity contribution >= 4 is 11.8 Å². The van der Waals surface area contributed by atoms with E-state index in [2.05, 4.69) is 33.0 Å². The topological polar surface area (TPSA) is 58.6 Å². The van der Waals surface area contributed by atoms with Gasteiger partial charge in [0.1, 0.15) is 6.04 Å². The molecular formula is C15H26N2O3. The lowest BCUT2D eigenvalue weighted by Crippen LogP contribution is -2.69. The van der Waals surface area contributed by atoms with Crippen LogP contribution in [-0.4, -0.2) is 48.6 Å². The van der Waals surface area contributed by atoms with Crippen molar-refractivity contribution in [2.75, 3.05) is 13.7 Å². The number of hydrogen-bond donors (Lipinski definition) is 1. The van der Waals surface area contributed by atoms with E-state index in [4.69, 9.17) is 4.74 Å².